The average molecular weight is 224 g/mol. The monoisotopic (exact) mass is 224 g/mol. The highest BCUT2D eigenvalue weighted by Crippen LogP contribution is 2.17. The number of hydrogen-bond donors (Lipinski definition) is 2. The van der Waals surface area contributed by atoms with Crippen LogP contribution in [0.4, 0.5) is 0 Å². The Labute approximate surface area is 96.0 Å². The predicted molar refractivity (Wildman–Crippen MR) is 62.3 cm³/mol. The zero-order valence-corrected chi connectivity index (χ0v) is 9.43. The van der Waals surface area contributed by atoms with Crippen molar-refractivity contribution in [2.75, 3.05) is 6.61 Å². The van der Waals surface area contributed by atoms with Gasteiger partial charge in [-0.25, -0.2) is 0 Å². The molecule has 2 N–H and O–H groups in total. The van der Waals surface area contributed by atoms with Gasteiger partial charge in [0.25, 0.3) is 0 Å². The minimum absolute atomic E-state index is 0.399. The van der Waals surface area contributed by atoms with E-state index in [0.29, 0.717) is 12.4 Å². The number of hydrogen-bond acceptors (Lipinski definition) is 4. The van der Waals surface area contributed by atoms with Gasteiger partial charge in [-0.3, -0.25) is 0 Å². The summed E-state index contributed by atoms with van der Waals surface area (Å²) in [4.78, 5) is 0. The first-order valence-electron chi connectivity index (χ1n) is 5.48. The summed E-state index contributed by atoms with van der Waals surface area (Å²) in [7, 11) is -1.78. The second-order valence-corrected chi connectivity index (χ2v) is 3.47. The van der Waals surface area contributed by atoms with E-state index in [-0.39, 0.29) is 0 Å². The lowest BCUT2D eigenvalue weighted by Gasteiger charge is -2.07. The Kier molecular flexibility index (Phi) is 5.74. The topological polar surface area (TPSA) is 58.9 Å². The lowest BCUT2D eigenvalue weighted by atomic mass is 10.2. The fourth-order valence-corrected chi connectivity index (χ4v) is 1.28. The standard InChI is InChI=1S/C11H17BO4/c1-2-3-4-9-15-10-5-7-11(8-6-10)16-12(13)14/h5-8,13-14H,2-4,9H2,1H3. The van der Waals surface area contributed by atoms with Gasteiger partial charge in [-0.1, -0.05) is 19.8 Å². The fourth-order valence-electron chi connectivity index (χ4n) is 1.28. The molecule has 88 valence electrons. The van der Waals surface area contributed by atoms with Gasteiger partial charge in [-0.2, -0.15) is 0 Å². The van der Waals surface area contributed by atoms with Gasteiger partial charge >= 0.3 is 7.32 Å². The maximum Gasteiger partial charge on any atom is 0.707 e. The van der Waals surface area contributed by atoms with E-state index in [1.807, 2.05) is 0 Å². The van der Waals surface area contributed by atoms with E-state index in [1.165, 1.54) is 6.42 Å². The van der Waals surface area contributed by atoms with Gasteiger partial charge in [0.15, 0.2) is 0 Å². The summed E-state index contributed by atoms with van der Waals surface area (Å²) in [6, 6.07) is 6.75. The van der Waals surface area contributed by atoms with Gasteiger partial charge in [0, 0.05) is 0 Å². The quantitative estimate of drug-likeness (QED) is 0.545. The Morgan fingerprint density at radius 1 is 1.06 bits per heavy atom. The zero-order chi connectivity index (χ0) is 11.8. The molecule has 4 nitrogen and oxygen atoms in total. The van der Waals surface area contributed by atoms with Crippen molar-refractivity contribution < 1.29 is 19.4 Å². The molecule has 0 atom stereocenters. The summed E-state index contributed by atoms with van der Waals surface area (Å²) in [5, 5.41) is 17.2. The highest BCUT2D eigenvalue weighted by atomic mass is 16.6. The molecule has 0 unspecified atom stereocenters. The van der Waals surface area contributed by atoms with Crippen molar-refractivity contribution in [2.45, 2.75) is 26.2 Å². The van der Waals surface area contributed by atoms with Crippen LogP contribution in [0.25, 0.3) is 0 Å². The minimum Gasteiger partial charge on any atom is -0.512 e. The van der Waals surface area contributed by atoms with Gasteiger partial charge in [0.05, 0.1) is 6.61 Å². The van der Waals surface area contributed by atoms with Gasteiger partial charge in [0.2, 0.25) is 0 Å². The first-order valence-corrected chi connectivity index (χ1v) is 5.48. The predicted octanol–water partition coefficient (Wildman–Crippen LogP) is 1.60. The molecule has 1 aromatic carbocycles. The van der Waals surface area contributed by atoms with E-state index >= 15 is 0 Å². The highest BCUT2D eigenvalue weighted by Gasteiger charge is 2.10. The van der Waals surface area contributed by atoms with E-state index < -0.39 is 7.32 Å². The number of rotatable bonds is 7. The van der Waals surface area contributed by atoms with Crippen molar-refractivity contribution >= 4 is 7.32 Å². The van der Waals surface area contributed by atoms with Crippen molar-refractivity contribution in [1.82, 2.24) is 0 Å². The molecule has 0 aliphatic rings. The van der Waals surface area contributed by atoms with Crippen LogP contribution in [-0.4, -0.2) is 24.0 Å². The van der Waals surface area contributed by atoms with E-state index in [2.05, 4.69) is 11.6 Å². The van der Waals surface area contributed by atoms with Crippen molar-refractivity contribution in [1.29, 1.82) is 0 Å². The Morgan fingerprint density at radius 2 is 1.69 bits per heavy atom. The van der Waals surface area contributed by atoms with Crippen LogP contribution in [0, 0.1) is 0 Å². The Bertz CT molecular complexity index is 287. The normalized spacial score (nSPS) is 9.94. The largest absolute Gasteiger partial charge is 0.707 e. The van der Waals surface area contributed by atoms with Gasteiger partial charge < -0.3 is 19.4 Å². The lowest BCUT2D eigenvalue weighted by molar-refractivity contribution is 0.286. The third kappa shape index (κ3) is 5.05. The van der Waals surface area contributed by atoms with E-state index in [1.54, 1.807) is 24.3 Å². The molecule has 0 fully saturated rings. The molecule has 5 heteroatoms. The molecule has 0 aliphatic carbocycles. The highest BCUT2D eigenvalue weighted by molar-refractivity contribution is 6.33. The molecule has 0 aromatic heterocycles. The first-order chi connectivity index (χ1) is 7.72. The maximum atomic E-state index is 8.58. The third-order valence-corrected chi connectivity index (χ3v) is 2.08. The van der Waals surface area contributed by atoms with E-state index in [4.69, 9.17) is 14.8 Å². The molecular weight excluding hydrogens is 207 g/mol. The molecule has 1 aromatic rings. The number of unbranched alkanes of at least 4 members (excludes halogenated alkanes) is 2. The van der Waals surface area contributed by atoms with Gasteiger partial charge in [-0.05, 0) is 30.7 Å². The molecule has 0 radical (unpaired) electrons. The average Bonchev–Trinajstić information content (AvgIpc) is 2.26. The third-order valence-electron chi connectivity index (χ3n) is 2.08. The molecule has 0 spiro atoms. The van der Waals surface area contributed by atoms with Crippen LogP contribution in [0.5, 0.6) is 11.5 Å². The van der Waals surface area contributed by atoms with Crippen LogP contribution in [0.1, 0.15) is 26.2 Å². The molecule has 0 heterocycles. The molecule has 0 bridgehead atoms. The second-order valence-electron chi connectivity index (χ2n) is 3.47. The summed E-state index contributed by atoms with van der Waals surface area (Å²) in [5.74, 6) is 1.16. The summed E-state index contributed by atoms with van der Waals surface area (Å²) in [5.41, 5.74) is 0. The Hall–Kier alpha value is -1.20. The molecule has 0 amide bonds. The SMILES string of the molecule is CCCCCOc1ccc(OB(O)O)cc1. The smallest absolute Gasteiger partial charge is 0.512 e. The molecule has 1 rings (SSSR count). The maximum absolute atomic E-state index is 8.58. The molecule has 0 saturated heterocycles. The summed E-state index contributed by atoms with van der Waals surface area (Å²) < 4.78 is 10.2. The van der Waals surface area contributed by atoms with Crippen LogP contribution in [0.15, 0.2) is 24.3 Å². The van der Waals surface area contributed by atoms with Crippen LogP contribution < -0.4 is 9.39 Å². The number of benzene rings is 1. The summed E-state index contributed by atoms with van der Waals surface area (Å²) in [6.45, 7) is 2.85. The lowest BCUT2D eigenvalue weighted by Crippen LogP contribution is -2.20. The summed E-state index contributed by atoms with van der Waals surface area (Å²) in [6.07, 6.45) is 3.38. The molecular formula is C11H17BO4. The van der Waals surface area contributed by atoms with Crippen LogP contribution in [0.3, 0.4) is 0 Å². The van der Waals surface area contributed by atoms with Crippen molar-refractivity contribution in [3.63, 3.8) is 0 Å². The van der Waals surface area contributed by atoms with Gasteiger partial charge in [-0.15, -0.1) is 0 Å². The van der Waals surface area contributed by atoms with Crippen LogP contribution in [-0.2, 0) is 0 Å². The van der Waals surface area contributed by atoms with Crippen LogP contribution >= 0.6 is 0 Å². The Balaban J connectivity index is 2.33. The van der Waals surface area contributed by atoms with Crippen molar-refractivity contribution in [3.8, 4) is 11.5 Å². The minimum atomic E-state index is -1.78. The molecule has 0 saturated carbocycles. The first kappa shape index (κ1) is 12.9. The van der Waals surface area contributed by atoms with Crippen molar-refractivity contribution in [2.24, 2.45) is 0 Å². The summed E-state index contributed by atoms with van der Waals surface area (Å²) >= 11 is 0. The fraction of sp³-hybridized carbons (Fsp3) is 0.455. The van der Waals surface area contributed by atoms with Gasteiger partial charge in [0.1, 0.15) is 11.5 Å². The second kappa shape index (κ2) is 7.14. The van der Waals surface area contributed by atoms with Crippen LogP contribution in [0.2, 0.25) is 0 Å². The molecule has 16 heavy (non-hydrogen) atoms. The number of ether oxygens (including phenoxy) is 1. The zero-order valence-electron chi connectivity index (χ0n) is 9.43. The Morgan fingerprint density at radius 3 is 2.25 bits per heavy atom. The van der Waals surface area contributed by atoms with Crippen molar-refractivity contribution in [3.05, 3.63) is 24.3 Å². The van der Waals surface area contributed by atoms with E-state index in [0.717, 1.165) is 18.6 Å². The van der Waals surface area contributed by atoms with E-state index in [9.17, 15) is 0 Å². The molecule has 0 aliphatic heterocycles.